The van der Waals surface area contributed by atoms with Crippen molar-refractivity contribution in [1.29, 1.82) is 0 Å². The summed E-state index contributed by atoms with van der Waals surface area (Å²) < 4.78 is 39.9. The molecule has 0 aromatic heterocycles. The smallest absolute Gasteiger partial charge is 0.251 e. The lowest BCUT2D eigenvalue weighted by Gasteiger charge is -2.13. The van der Waals surface area contributed by atoms with Gasteiger partial charge in [0.05, 0.1) is 11.7 Å². The molecule has 11 nitrogen and oxygen atoms in total. The van der Waals surface area contributed by atoms with Gasteiger partial charge in [0.2, 0.25) is 11.8 Å². The fourth-order valence-corrected chi connectivity index (χ4v) is 3.09. The molecule has 176 valence electrons. The van der Waals surface area contributed by atoms with E-state index in [-0.39, 0.29) is 37.3 Å². The Labute approximate surface area is 181 Å². The standard InChI is InChI=1S/C18H24F3N7O4/c19-11-5-6-12(16(21)15(11)20)26-17(30)13-8-10(9-24-13)25-14(29)4-2-1-3-7-23-18(22)27-28(31)32/h5-6,10,13,24H,1-4,7-9H2,(H,25,29)(H,26,30)(H3,22,23,27)/t10-,13-/m0/s1. The Hall–Kier alpha value is -3.42. The number of aliphatic imine (C=N–C) groups is 1. The zero-order chi connectivity index (χ0) is 23.7. The van der Waals surface area contributed by atoms with Crippen molar-refractivity contribution in [1.82, 2.24) is 16.1 Å². The number of nitrogens with one attached hydrogen (secondary N) is 4. The van der Waals surface area contributed by atoms with Crippen LogP contribution in [0.15, 0.2) is 17.1 Å². The number of hydrogen-bond acceptors (Lipinski definition) is 6. The lowest BCUT2D eigenvalue weighted by molar-refractivity contribution is -0.525. The number of benzene rings is 1. The monoisotopic (exact) mass is 459 g/mol. The quantitative estimate of drug-likeness (QED) is 0.0851. The summed E-state index contributed by atoms with van der Waals surface area (Å²) in [6.45, 7) is 0.609. The predicted octanol–water partition coefficient (Wildman–Crippen LogP) is 0.546. The number of guanidine groups is 1. The molecule has 0 saturated carbocycles. The molecule has 1 fully saturated rings. The fraction of sp³-hybridized carbons (Fsp3) is 0.500. The van der Waals surface area contributed by atoms with Crippen molar-refractivity contribution < 1.29 is 27.8 Å². The van der Waals surface area contributed by atoms with Crippen LogP contribution in [0, 0.1) is 27.6 Å². The SMILES string of the molecule is NC(=NCCCCCC(=O)N[C@@H]1CN[C@H](C(=O)Nc2ccc(F)c(F)c2F)C1)N[N+](=O)[O-]. The van der Waals surface area contributed by atoms with E-state index in [1.54, 1.807) is 5.43 Å². The van der Waals surface area contributed by atoms with Gasteiger partial charge in [-0.2, -0.15) is 0 Å². The van der Waals surface area contributed by atoms with E-state index < -0.39 is 40.1 Å². The number of nitro groups is 1. The average molecular weight is 459 g/mol. The van der Waals surface area contributed by atoms with Crippen LogP contribution >= 0.6 is 0 Å². The third kappa shape index (κ3) is 7.68. The van der Waals surface area contributed by atoms with E-state index in [0.29, 0.717) is 31.9 Å². The highest BCUT2D eigenvalue weighted by molar-refractivity contribution is 5.95. The van der Waals surface area contributed by atoms with Gasteiger partial charge in [0.15, 0.2) is 22.5 Å². The van der Waals surface area contributed by atoms with E-state index >= 15 is 0 Å². The van der Waals surface area contributed by atoms with Crippen molar-refractivity contribution in [2.75, 3.05) is 18.4 Å². The minimum Gasteiger partial charge on any atom is -0.365 e. The number of carbonyl (C=O) groups is 2. The third-order valence-electron chi connectivity index (χ3n) is 4.66. The summed E-state index contributed by atoms with van der Waals surface area (Å²) in [4.78, 5) is 38.2. The first-order valence-corrected chi connectivity index (χ1v) is 9.85. The van der Waals surface area contributed by atoms with Gasteiger partial charge < -0.3 is 21.7 Å². The number of hydrogen-bond donors (Lipinski definition) is 5. The van der Waals surface area contributed by atoms with E-state index in [0.717, 1.165) is 6.07 Å². The zero-order valence-electron chi connectivity index (χ0n) is 17.0. The molecule has 32 heavy (non-hydrogen) atoms. The normalized spacial score (nSPS) is 18.3. The van der Waals surface area contributed by atoms with E-state index in [1.165, 1.54) is 0 Å². The minimum atomic E-state index is -1.67. The van der Waals surface area contributed by atoms with Gasteiger partial charge in [-0.05, 0) is 31.4 Å². The molecule has 0 aliphatic carbocycles. The topological polar surface area (TPSA) is 164 Å². The number of anilines is 1. The van der Waals surface area contributed by atoms with Crippen LogP contribution in [0.25, 0.3) is 0 Å². The van der Waals surface area contributed by atoms with Crippen molar-refractivity contribution in [3.05, 3.63) is 39.7 Å². The molecular weight excluding hydrogens is 435 g/mol. The van der Waals surface area contributed by atoms with Crippen LogP contribution in [-0.2, 0) is 9.59 Å². The molecule has 0 unspecified atom stereocenters. The molecule has 1 aliphatic rings. The lowest BCUT2D eigenvalue weighted by atomic mass is 10.1. The number of rotatable bonds is 10. The summed E-state index contributed by atoms with van der Waals surface area (Å²) in [7, 11) is 0. The molecule has 6 N–H and O–H groups in total. The van der Waals surface area contributed by atoms with E-state index in [2.05, 4.69) is 20.9 Å². The summed E-state index contributed by atoms with van der Waals surface area (Å²) in [6.07, 6.45) is 2.33. The van der Waals surface area contributed by atoms with Gasteiger partial charge in [0.25, 0.3) is 5.96 Å². The molecule has 1 saturated heterocycles. The highest BCUT2D eigenvalue weighted by atomic mass is 19.2. The van der Waals surface area contributed by atoms with Crippen LogP contribution in [0.3, 0.4) is 0 Å². The zero-order valence-corrected chi connectivity index (χ0v) is 17.0. The summed E-state index contributed by atoms with van der Waals surface area (Å²) >= 11 is 0. The van der Waals surface area contributed by atoms with E-state index in [9.17, 15) is 32.9 Å². The van der Waals surface area contributed by atoms with Crippen LogP contribution in [-0.4, -0.2) is 48.0 Å². The largest absolute Gasteiger partial charge is 0.365 e. The predicted molar refractivity (Wildman–Crippen MR) is 108 cm³/mol. The molecule has 0 spiro atoms. The highest BCUT2D eigenvalue weighted by Crippen LogP contribution is 2.20. The molecule has 2 atom stereocenters. The second-order valence-electron chi connectivity index (χ2n) is 7.12. The first kappa shape index (κ1) is 24.8. The molecule has 2 amide bonds. The number of nitrogens with zero attached hydrogens (tertiary/aromatic N) is 2. The maximum atomic E-state index is 13.7. The highest BCUT2D eigenvalue weighted by Gasteiger charge is 2.31. The van der Waals surface area contributed by atoms with Crippen LogP contribution < -0.4 is 27.1 Å². The van der Waals surface area contributed by atoms with Gasteiger partial charge >= 0.3 is 0 Å². The molecule has 1 heterocycles. The second kappa shape index (κ2) is 11.8. The molecule has 1 aromatic carbocycles. The molecular formula is C18H24F3N7O4. The van der Waals surface area contributed by atoms with Gasteiger partial charge in [-0.3, -0.25) is 9.59 Å². The summed E-state index contributed by atoms with van der Waals surface area (Å²) in [5.41, 5.74) is 6.53. The first-order valence-electron chi connectivity index (χ1n) is 9.85. The van der Waals surface area contributed by atoms with E-state index in [1.807, 2.05) is 0 Å². The van der Waals surface area contributed by atoms with Crippen LogP contribution in [0.1, 0.15) is 32.1 Å². The molecule has 2 rings (SSSR count). The Bertz CT molecular complexity index is 884. The van der Waals surface area contributed by atoms with Crippen molar-refractivity contribution in [2.45, 2.75) is 44.2 Å². The van der Waals surface area contributed by atoms with Crippen molar-refractivity contribution >= 4 is 23.5 Å². The molecule has 1 aliphatic heterocycles. The van der Waals surface area contributed by atoms with Crippen molar-refractivity contribution in [3.8, 4) is 0 Å². The fourth-order valence-electron chi connectivity index (χ4n) is 3.09. The van der Waals surface area contributed by atoms with Gasteiger partial charge in [0.1, 0.15) is 0 Å². The molecule has 1 aromatic rings. The summed E-state index contributed by atoms with van der Waals surface area (Å²) in [5, 5.41) is 17.2. The van der Waals surface area contributed by atoms with Gasteiger partial charge in [-0.15, -0.1) is 0 Å². The molecule has 14 heteroatoms. The number of unbranched alkanes of at least 4 members (excludes halogenated alkanes) is 2. The summed E-state index contributed by atoms with van der Waals surface area (Å²) in [5.74, 6) is -5.63. The molecule has 0 radical (unpaired) electrons. The van der Waals surface area contributed by atoms with E-state index in [4.69, 9.17) is 5.73 Å². The van der Waals surface area contributed by atoms with Crippen LogP contribution in [0.2, 0.25) is 0 Å². The number of nitrogens with two attached hydrogens (primary N) is 1. The van der Waals surface area contributed by atoms with Crippen molar-refractivity contribution in [2.24, 2.45) is 10.7 Å². The van der Waals surface area contributed by atoms with Crippen molar-refractivity contribution in [3.63, 3.8) is 0 Å². The Morgan fingerprint density at radius 1 is 1.22 bits per heavy atom. The van der Waals surface area contributed by atoms with Crippen LogP contribution in [0.5, 0.6) is 0 Å². The number of amides is 2. The van der Waals surface area contributed by atoms with Crippen LogP contribution in [0.4, 0.5) is 18.9 Å². The average Bonchev–Trinajstić information content (AvgIpc) is 3.19. The van der Waals surface area contributed by atoms with Gasteiger partial charge in [-0.25, -0.2) is 28.3 Å². The minimum absolute atomic E-state index is 0.206. The maximum Gasteiger partial charge on any atom is 0.251 e. The van der Waals surface area contributed by atoms with Gasteiger partial charge in [0, 0.05) is 25.6 Å². The Morgan fingerprint density at radius 2 is 1.97 bits per heavy atom. The first-order chi connectivity index (χ1) is 15.2. The number of carbonyl (C=O) groups excluding carboxylic acids is 2. The Kier molecular flexibility index (Phi) is 9.19. The second-order valence-corrected chi connectivity index (χ2v) is 7.12. The Morgan fingerprint density at radius 3 is 2.69 bits per heavy atom. The molecule has 0 bridgehead atoms. The summed E-state index contributed by atoms with van der Waals surface area (Å²) in [6, 6.07) is 0.594. The Balaban J connectivity index is 1.66. The maximum absolute atomic E-state index is 13.7. The van der Waals surface area contributed by atoms with Gasteiger partial charge in [-0.1, -0.05) is 11.8 Å². The lowest BCUT2D eigenvalue weighted by Crippen LogP contribution is -2.36. The number of halogens is 3. The third-order valence-corrected chi connectivity index (χ3v) is 4.66. The number of hydrazine groups is 1.